The number of amides is 1. The molecule has 28 heavy (non-hydrogen) atoms. The largest absolute Gasteiger partial charge is 0.344 e. The van der Waals surface area contributed by atoms with Gasteiger partial charge in [-0.2, -0.15) is 5.10 Å². The Labute approximate surface area is 167 Å². The molecule has 1 N–H and O–H groups in total. The van der Waals surface area contributed by atoms with Gasteiger partial charge < -0.3 is 10.2 Å². The minimum absolute atomic E-state index is 0.0221. The summed E-state index contributed by atoms with van der Waals surface area (Å²) in [6.07, 6.45) is 8.68. The predicted molar refractivity (Wildman–Crippen MR) is 109 cm³/mol. The van der Waals surface area contributed by atoms with Crippen LogP contribution < -0.4 is 5.32 Å². The van der Waals surface area contributed by atoms with Crippen LogP contribution in [0.1, 0.15) is 65.7 Å². The molecule has 5 nitrogen and oxygen atoms in total. The monoisotopic (exact) mass is 378 g/mol. The van der Waals surface area contributed by atoms with Crippen LogP contribution in [0.25, 0.3) is 0 Å². The van der Waals surface area contributed by atoms with Gasteiger partial charge in [-0.15, -0.1) is 0 Å². The van der Waals surface area contributed by atoms with Crippen molar-refractivity contribution in [3.63, 3.8) is 0 Å². The van der Waals surface area contributed by atoms with Crippen molar-refractivity contribution in [1.29, 1.82) is 0 Å². The summed E-state index contributed by atoms with van der Waals surface area (Å²) in [5, 5.41) is 7.50. The van der Waals surface area contributed by atoms with Gasteiger partial charge in [-0.1, -0.05) is 43.5 Å². The van der Waals surface area contributed by atoms with Crippen LogP contribution in [0.3, 0.4) is 0 Å². The first-order valence-electron chi connectivity index (χ1n) is 10.8. The third-order valence-electron chi connectivity index (χ3n) is 7.18. The summed E-state index contributed by atoms with van der Waals surface area (Å²) in [4.78, 5) is 15.6. The molecular formula is C23H30N4O. The highest BCUT2D eigenvalue weighted by atomic mass is 16.2. The van der Waals surface area contributed by atoms with Gasteiger partial charge in [0.05, 0.1) is 6.04 Å². The lowest BCUT2D eigenvalue weighted by atomic mass is 9.89. The van der Waals surface area contributed by atoms with Crippen molar-refractivity contribution in [2.45, 2.75) is 44.1 Å². The normalized spacial score (nSPS) is 27.5. The molecule has 1 aliphatic heterocycles. The standard InChI is InChI=1S/C23H30N4O/c1-26-21(11-12-24-26)23(28)25-22-18-10-6-5-9-17(18)19-14-27(15-20(19)22)13-16-7-3-2-4-8-16/h5-6,9-12,16,19-20,22H,2-4,7-8,13-15H2,1H3,(H,25,28)/t19-,20-,22+/m0/s1. The lowest BCUT2D eigenvalue weighted by molar-refractivity contribution is 0.0913. The Hall–Kier alpha value is -2.14. The van der Waals surface area contributed by atoms with Crippen LogP contribution >= 0.6 is 0 Å². The van der Waals surface area contributed by atoms with Gasteiger partial charge in [0.15, 0.2) is 0 Å². The molecule has 5 heteroatoms. The maximum Gasteiger partial charge on any atom is 0.270 e. The molecule has 1 saturated heterocycles. The lowest BCUT2D eigenvalue weighted by Gasteiger charge is -2.28. The molecule has 148 valence electrons. The second-order valence-corrected chi connectivity index (χ2v) is 8.91. The van der Waals surface area contributed by atoms with Gasteiger partial charge in [0.2, 0.25) is 0 Å². The fourth-order valence-electron chi connectivity index (χ4n) is 5.82. The number of carbonyl (C=O) groups is 1. The van der Waals surface area contributed by atoms with E-state index in [9.17, 15) is 4.79 Å². The molecule has 1 aromatic heterocycles. The summed E-state index contributed by atoms with van der Waals surface area (Å²) < 4.78 is 1.65. The molecule has 2 aliphatic carbocycles. The van der Waals surface area contributed by atoms with E-state index in [1.165, 1.54) is 49.8 Å². The van der Waals surface area contributed by atoms with Crippen LogP contribution in [0, 0.1) is 11.8 Å². The average Bonchev–Trinajstić information content (AvgIpc) is 3.39. The Morgan fingerprint density at radius 3 is 2.64 bits per heavy atom. The van der Waals surface area contributed by atoms with Gasteiger partial charge in [0.25, 0.3) is 5.91 Å². The van der Waals surface area contributed by atoms with Crippen molar-refractivity contribution in [1.82, 2.24) is 20.0 Å². The topological polar surface area (TPSA) is 50.2 Å². The second-order valence-electron chi connectivity index (χ2n) is 8.91. The van der Waals surface area contributed by atoms with E-state index in [0.29, 0.717) is 17.5 Å². The molecule has 0 radical (unpaired) electrons. The molecule has 1 saturated carbocycles. The summed E-state index contributed by atoms with van der Waals surface area (Å²) in [6.45, 7) is 3.46. The Morgan fingerprint density at radius 1 is 1.11 bits per heavy atom. The van der Waals surface area contributed by atoms with Gasteiger partial charge in [-0.3, -0.25) is 9.48 Å². The number of nitrogens with zero attached hydrogens (tertiary/aromatic N) is 3. The van der Waals surface area contributed by atoms with E-state index < -0.39 is 0 Å². The summed E-state index contributed by atoms with van der Waals surface area (Å²) in [6, 6.07) is 10.6. The number of fused-ring (bicyclic) bond motifs is 3. The van der Waals surface area contributed by atoms with E-state index in [0.717, 1.165) is 19.0 Å². The number of benzene rings is 1. The number of aryl methyl sites for hydroxylation is 1. The van der Waals surface area contributed by atoms with E-state index in [-0.39, 0.29) is 11.9 Å². The van der Waals surface area contributed by atoms with Crippen molar-refractivity contribution in [3.05, 3.63) is 53.3 Å². The van der Waals surface area contributed by atoms with E-state index in [1.54, 1.807) is 16.9 Å². The van der Waals surface area contributed by atoms with Gasteiger partial charge in [-0.25, -0.2) is 0 Å². The fourth-order valence-corrected chi connectivity index (χ4v) is 5.82. The highest BCUT2D eigenvalue weighted by molar-refractivity contribution is 5.92. The van der Waals surface area contributed by atoms with Crippen LogP contribution in [0.15, 0.2) is 36.5 Å². The first-order chi connectivity index (χ1) is 13.7. The Kier molecular flexibility index (Phi) is 4.71. The minimum Gasteiger partial charge on any atom is -0.344 e. The zero-order valence-electron chi connectivity index (χ0n) is 16.7. The van der Waals surface area contributed by atoms with Gasteiger partial charge in [0, 0.05) is 44.7 Å². The first kappa shape index (κ1) is 17.9. The molecular weight excluding hydrogens is 348 g/mol. The minimum atomic E-state index is -0.0221. The van der Waals surface area contributed by atoms with E-state index >= 15 is 0 Å². The molecule has 2 fully saturated rings. The smallest absolute Gasteiger partial charge is 0.270 e. The Morgan fingerprint density at radius 2 is 1.89 bits per heavy atom. The molecule has 1 aromatic carbocycles. The number of hydrogen-bond acceptors (Lipinski definition) is 3. The van der Waals surface area contributed by atoms with E-state index in [4.69, 9.17) is 0 Å². The molecule has 0 bridgehead atoms. The maximum atomic E-state index is 12.9. The van der Waals surface area contributed by atoms with Crippen molar-refractivity contribution in [2.24, 2.45) is 18.9 Å². The van der Waals surface area contributed by atoms with Crippen LogP contribution in [0.2, 0.25) is 0 Å². The average molecular weight is 379 g/mol. The van der Waals surface area contributed by atoms with Crippen molar-refractivity contribution >= 4 is 5.91 Å². The van der Waals surface area contributed by atoms with Crippen molar-refractivity contribution in [2.75, 3.05) is 19.6 Å². The number of likely N-dealkylation sites (tertiary alicyclic amines) is 1. The number of hydrogen-bond donors (Lipinski definition) is 1. The number of carbonyl (C=O) groups excluding carboxylic acids is 1. The molecule has 1 amide bonds. The maximum absolute atomic E-state index is 12.9. The van der Waals surface area contributed by atoms with Crippen molar-refractivity contribution < 1.29 is 4.79 Å². The van der Waals surface area contributed by atoms with Gasteiger partial charge in [0.1, 0.15) is 5.69 Å². The summed E-state index contributed by atoms with van der Waals surface area (Å²) >= 11 is 0. The highest BCUT2D eigenvalue weighted by Gasteiger charge is 2.46. The van der Waals surface area contributed by atoms with E-state index in [1.807, 2.05) is 7.05 Å². The summed E-state index contributed by atoms with van der Waals surface area (Å²) in [5.74, 6) is 1.85. The first-order valence-corrected chi connectivity index (χ1v) is 10.8. The Bertz CT molecular complexity index is 854. The fraction of sp³-hybridized carbons (Fsp3) is 0.565. The zero-order valence-corrected chi connectivity index (χ0v) is 16.7. The Balaban J connectivity index is 1.35. The molecule has 3 atom stereocenters. The SMILES string of the molecule is Cn1nccc1C(=O)N[C@@H]1c2ccccc2[C@@H]2CN(CC3CCCCC3)C[C@H]12. The molecule has 0 spiro atoms. The van der Waals surface area contributed by atoms with Gasteiger partial charge >= 0.3 is 0 Å². The molecule has 0 unspecified atom stereocenters. The zero-order chi connectivity index (χ0) is 19.1. The molecule has 2 heterocycles. The number of rotatable bonds is 4. The van der Waals surface area contributed by atoms with Crippen LogP contribution in [0.5, 0.6) is 0 Å². The van der Waals surface area contributed by atoms with E-state index in [2.05, 4.69) is 39.6 Å². The summed E-state index contributed by atoms with van der Waals surface area (Å²) in [5.41, 5.74) is 3.37. The molecule has 2 aromatic rings. The van der Waals surface area contributed by atoms with Crippen molar-refractivity contribution in [3.8, 4) is 0 Å². The predicted octanol–water partition coefficient (Wildman–Crippen LogP) is 3.50. The van der Waals surface area contributed by atoms with Gasteiger partial charge in [-0.05, 0) is 36.0 Å². The second kappa shape index (κ2) is 7.36. The molecule has 5 rings (SSSR count). The summed E-state index contributed by atoms with van der Waals surface area (Å²) in [7, 11) is 1.82. The lowest BCUT2D eigenvalue weighted by Crippen LogP contribution is -2.35. The van der Waals surface area contributed by atoms with Crippen LogP contribution in [-0.2, 0) is 7.05 Å². The quantitative estimate of drug-likeness (QED) is 0.886. The van der Waals surface area contributed by atoms with Crippen LogP contribution in [0.4, 0.5) is 0 Å². The third-order valence-corrected chi connectivity index (χ3v) is 7.18. The molecule has 3 aliphatic rings. The third kappa shape index (κ3) is 3.16. The number of nitrogens with one attached hydrogen (secondary N) is 1. The number of aromatic nitrogens is 2. The van der Waals surface area contributed by atoms with Crippen LogP contribution in [-0.4, -0.2) is 40.2 Å². The highest BCUT2D eigenvalue weighted by Crippen LogP contribution is 2.49.